The highest BCUT2D eigenvalue weighted by Crippen LogP contribution is 2.35. The Balaban J connectivity index is 2.98. The molecular formula is C10H11F3N2O4. The van der Waals surface area contributed by atoms with Gasteiger partial charge in [0.15, 0.2) is 0 Å². The topological polar surface area (TPSA) is 86.7 Å². The Kier molecular flexibility index (Phi) is 3.60. The summed E-state index contributed by atoms with van der Waals surface area (Å²) in [6.07, 6.45) is -4.22. The molecule has 3 amide bonds. The lowest BCUT2D eigenvalue weighted by molar-refractivity contribution is -0.190. The second-order valence-corrected chi connectivity index (χ2v) is 4.27. The van der Waals surface area contributed by atoms with Crippen molar-refractivity contribution in [3.05, 3.63) is 11.6 Å². The number of amides is 3. The van der Waals surface area contributed by atoms with Crippen molar-refractivity contribution >= 4 is 17.9 Å². The van der Waals surface area contributed by atoms with E-state index in [4.69, 9.17) is 5.11 Å². The van der Waals surface area contributed by atoms with E-state index in [0.29, 0.717) is 17.9 Å². The number of hydrogen-bond acceptors (Lipinski definition) is 3. The van der Waals surface area contributed by atoms with Crippen LogP contribution in [0.3, 0.4) is 0 Å². The third-order valence-corrected chi connectivity index (χ3v) is 2.62. The number of hydrogen-bond donors (Lipinski definition) is 2. The summed E-state index contributed by atoms with van der Waals surface area (Å²) in [5, 5.41) is 10.0. The van der Waals surface area contributed by atoms with Crippen molar-refractivity contribution in [2.45, 2.75) is 25.6 Å². The van der Waals surface area contributed by atoms with Gasteiger partial charge in [-0.3, -0.25) is 9.69 Å². The number of alkyl halides is 3. The van der Waals surface area contributed by atoms with Crippen LogP contribution in [0.25, 0.3) is 0 Å². The molecule has 9 heteroatoms. The van der Waals surface area contributed by atoms with Crippen molar-refractivity contribution in [3.8, 4) is 0 Å². The summed E-state index contributed by atoms with van der Waals surface area (Å²) in [5.41, 5.74) is -2.91. The zero-order chi connectivity index (χ0) is 15.0. The highest BCUT2D eigenvalue weighted by molar-refractivity contribution is 6.07. The number of imide groups is 1. The summed E-state index contributed by atoms with van der Waals surface area (Å²) in [6.45, 7) is 1.34. The monoisotopic (exact) mass is 280 g/mol. The van der Waals surface area contributed by atoms with Crippen LogP contribution in [0.4, 0.5) is 18.0 Å². The van der Waals surface area contributed by atoms with E-state index in [2.05, 4.69) is 0 Å². The van der Waals surface area contributed by atoms with Gasteiger partial charge in [0.2, 0.25) is 5.54 Å². The minimum Gasteiger partial charge on any atom is -0.478 e. The van der Waals surface area contributed by atoms with E-state index in [9.17, 15) is 27.6 Å². The van der Waals surface area contributed by atoms with Gasteiger partial charge < -0.3 is 10.4 Å². The molecule has 1 heterocycles. The Morgan fingerprint density at radius 1 is 1.47 bits per heavy atom. The molecule has 0 aromatic heterocycles. The van der Waals surface area contributed by atoms with Gasteiger partial charge in [-0.15, -0.1) is 0 Å². The Morgan fingerprint density at radius 3 is 2.37 bits per heavy atom. The average molecular weight is 280 g/mol. The summed E-state index contributed by atoms with van der Waals surface area (Å²) in [5.74, 6) is -2.77. The first-order valence-electron chi connectivity index (χ1n) is 5.10. The van der Waals surface area contributed by atoms with Gasteiger partial charge in [0.1, 0.15) is 0 Å². The van der Waals surface area contributed by atoms with Crippen LogP contribution in [0.1, 0.15) is 13.8 Å². The fourth-order valence-electron chi connectivity index (χ4n) is 1.54. The van der Waals surface area contributed by atoms with Crippen LogP contribution in [0.2, 0.25) is 0 Å². The van der Waals surface area contributed by atoms with E-state index in [1.807, 2.05) is 0 Å². The van der Waals surface area contributed by atoms with Gasteiger partial charge in [-0.1, -0.05) is 0 Å². The molecule has 19 heavy (non-hydrogen) atoms. The standard InChI is InChI=1S/C10H11F3N2O4/c1-5(3-6(16)17)4-15-7(18)9(2,10(11,12)13)14-8(15)19/h3H,4H2,1-2H3,(H,14,19)(H,16,17). The molecule has 0 radical (unpaired) electrons. The molecule has 1 unspecified atom stereocenters. The van der Waals surface area contributed by atoms with Gasteiger partial charge in [-0.2, -0.15) is 13.2 Å². The zero-order valence-electron chi connectivity index (χ0n) is 10.0. The molecule has 1 fully saturated rings. The van der Waals surface area contributed by atoms with Crippen molar-refractivity contribution < 1.29 is 32.7 Å². The number of carbonyl (C=O) groups excluding carboxylic acids is 2. The molecule has 0 saturated carbocycles. The number of halogens is 3. The first-order chi connectivity index (χ1) is 8.49. The smallest absolute Gasteiger partial charge is 0.420 e. The first kappa shape index (κ1) is 15.0. The number of aliphatic carboxylic acids is 1. The van der Waals surface area contributed by atoms with Crippen LogP contribution >= 0.6 is 0 Å². The van der Waals surface area contributed by atoms with Crippen molar-refractivity contribution in [2.75, 3.05) is 6.54 Å². The Labute approximate surface area is 105 Å². The minimum atomic E-state index is -4.93. The fraction of sp³-hybridized carbons (Fsp3) is 0.500. The number of nitrogens with one attached hydrogen (secondary N) is 1. The fourth-order valence-corrected chi connectivity index (χ4v) is 1.54. The third kappa shape index (κ3) is 2.69. The van der Waals surface area contributed by atoms with E-state index in [1.165, 1.54) is 6.92 Å². The van der Waals surface area contributed by atoms with Crippen LogP contribution in [0.15, 0.2) is 11.6 Å². The molecule has 106 valence electrons. The lowest BCUT2D eigenvalue weighted by Gasteiger charge is -2.24. The van der Waals surface area contributed by atoms with E-state index in [0.717, 1.165) is 0 Å². The summed E-state index contributed by atoms with van der Waals surface area (Å²) in [4.78, 5) is 33.7. The van der Waals surface area contributed by atoms with Gasteiger partial charge in [0.05, 0.1) is 6.54 Å². The van der Waals surface area contributed by atoms with Gasteiger partial charge in [-0.05, 0) is 19.4 Å². The summed E-state index contributed by atoms with van der Waals surface area (Å²) in [7, 11) is 0. The van der Waals surface area contributed by atoms with Crippen LogP contribution in [-0.2, 0) is 9.59 Å². The number of nitrogens with zero attached hydrogens (tertiary/aromatic N) is 1. The molecule has 1 aliphatic rings. The second-order valence-electron chi connectivity index (χ2n) is 4.27. The van der Waals surface area contributed by atoms with Crippen molar-refractivity contribution in [3.63, 3.8) is 0 Å². The zero-order valence-corrected chi connectivity index (χ0v) is 10.0. The highest BCUT2D eigenvalue weighted by atomic mass is 19.4. The maximum absolute atomic E-state index is 12.7. The lowest BCUT2D eigenvalue weighted by atomic mass is 10.0. The van der Waals surface area contributed by atoms with Crippen LogP contribution < -0.4 is 5.32 Å². The minimum absolute atomic E-state index is 0.0717. The first-order valence-corrected chi connectivity index (χ1v) is 5.10. The van der Waals surface area contributed by atoms with Gasteiger partial charge in [0, 0.05) is 6.08 Å². The molecule has 1 atom stereocenters. The van der Waals surface area contributed by atoms with Gasteiger partial charge >= 0.3 is 18.2 Å². The summed E-state index contributed by atoms with van der Waals surface area (Å²) >= 11 is 0. The molecule has 0 aromatic carbocycles. The Morgan fingerprint density at radius 2 is 2.00 bits per heavy atom. The van der Waals surface area contributed by atoms with Crippen molar-refractivity contribution in [1.82, 2.24) is 10.2 Å². The normalized spacial score (nSPS) is 24.7. The quantitative estimate of drug-likeness (QED) is 0.593. The SMILES string of the molecule is CC(=CC(=O)O)CN1C(=O)NC(C)(C(F)(F)F)C1=O. The predicted octanol–water partition coefficient (Wildman–Crippen LogP) is 0.890. The second kappa shape index (κ2) is 4.56. The molecule has 1 aliphatic heterocycles. The largest absolute Gasteiger partial charge is 0.478 e. The van der Waals surface area contributed by atoms with Crippen LogP contribution in [0.5, 0.6) is 0 Å². The van der Waals surface area contributed by atoms with E-state index in [1.54, 1.807) is 5.32 Å². The van der Waals surface area contributed by atoms with Crippen LogP contribution in [0, 0.1) is 0 Å². The van der Waals surface area contributed by atoms with E-state index in [-0.39, 0.29) is 5.57 Å². The van der Waals surface area contributed by atoms with E-state index < -0.39 is 36.2 Å². The maximum Gasteiger partial charge on any atom is 0.420 e. The van der Waals surface area contributed by atoms with Crippen molar-refractivity contribution in [1.29, 1.82) is 0 Å². The Bertz CT molecular complexity index is 472. The third-order valence-electron chi connectivity index (χ3n) is 2.62. The number of rotatable bonds is 3. The summed E-state index contributed by atoms with van der Waals surface area (Å²) < 4.78 is 38.2. The molecule has 2 N–H and O–H groups in total. The van der Waals surface area contributed by atoms with Gasteiger partial charge in [0.25, 0.3) is 5.91 Å². The van der Waals surface area contributed by atoms with Crippen molar-refractivity contribution in [2.24, 2.45) is 0 Å². The molecule has 0 aliphatic carbocycles. The molecule has 6 nitrogen and oxygen atoms in total. The lowest BCUT2D eigenvalue weighted by Crippen LogP contribution is -2.56. The number of carbonyl (C=O) groups is 3. The molecule has 1 saturated heterocycles. The molecule has 1 rings (SSSR count). The number of carboxylic acids is 1. The van der Waals surface area contributed by atoms with E-state index >= 15 is 0 Å². The molecule has 0 spiro atoms. The maximum atomic E-state index is 12.7. The van der Waals surface area contributed by atoms with Gasteiger partial charge in [-0.25, -0.2) is 9.59 Å². The number of urea groups is 1. The average Bonchev–Trinajstić information content (AvgIpc) is 2.41. The molecule has 0 bridgehead atoms. The highest BCUT2D eigenvalue weighted by Gasteiger charge is 2.64. The predicted molar refractivity (Wildman–Crippen MR) is 56.1 cm³/mol. The van der Waals surface area contributed by atoms with Crippen LogP contribution in [-0.4, -0.2) is 46.2 Å². The summed E-state index contributed by atoms with van der Waals surface area (Å²) in [6, 6.07) is -1.21. The Hall–Kier alpha value is -2.06. The molecule has 0 aromatic rings. The number of carboxylic acid groups (broad SMARTS) is 1. The molecular weight excluding hydrogens is 269 g/mol.